The second-order valence-corrected chi connectivity index (χ2v) is 13.8. The zero-order valence-corrected chi connectivity index (χ0v) is 27.3. The standard InChI is InChI=1S/C19H29NO4.C13H24O4/c1-18(2,3)23-16(21)13-20(12-15-10-8-7-9-11-15)14-17(22)24-19(4,5)6;1-12(2,3)16-10(14)8-7-9-11(15)17-13(4,5)6/h7-11H,12-14H2,1-6H3;7-9H2,1-6H3. The summed E-state index contributed by atoms with van der Waals surface area (Å²) in [6.45, 7) is 22.4. The van der Waals surface area contributed by atoms with Crippen molar-refractivity contribution in [2.24, 2.45) is 0 Å². The molecule has 0 atom stereocenters. The van der Waals surface area contributed by atoms with E-state index in [1.807, 2.05) is 113 Å². The Morgan fingerprint density at radius 3 is 1.17 bits per heavy atom. The average Bonchev–Trinajstić information content (AvgIpc) is 2.69. The van der Waals surface area contributed by atoms with E-state index in [4.69, 9.17) is 18.9 Å². The summed E-state index contributed by atoms with van der Waals surface area (Å²) in [5.74, 6) is -1.27. The van der Waals surface area contributed by atoms with Crippen molar-refractivity contribution < 1.29 is 38.1 Å². The van der Waals surface area contributed by atoms with Crippen LogP contribution in [-0.2, 0) is 44.7 Å². The Bertz CT molecular complexity index is 903. The molecule has 9 heteroatoms. The van der Waals surface area contributed by atoms with Crippen LogP contribution in [0, 0.1) is 0 Å². The number of hydrogen-bond donors (Lipinski definition) is 0. The van der Waals surface area contributed by atoms with Gasteiger partial charge in [-0.15, -0.1) is 0 Å². The number of hydrogen-bond acceptors (Lipinski definition) is 9. The van der Waals surface area contributed by atoms with E-state index in [1.165, 1.54) is 0 Å². The maximum atomic E-state index is 12.1. The van der Waals surface area contributed by atoms with Gasteiger partial charge in [0, 0.05) is 19.4 Å². The third-order valence-corrected chi connectivity index (χ3v) is 4.40. The number of nitrogens with zero attached hydrogens (tertiary/aromatic N) is 1. The average molecular weight is 580 g/mol. The lowest BCUT2D eigenvalue weighted by atomic mass is 10.1. The fourth-order valence-electron chi connectivity index (χ4n) is 3.28. The highest BCUT2D eigenvalue weighted by molar-refractivity contribution is 5.75. The molecule has 1 aromatic carbocycles. The molecule has 0 aliphatic heterocycles. The molecule has 234 valence electrons. The fourth-order valence-corrected chi connectivity index (χ4v) is 3.28. The topological polar surface area (TPSA) is 108 Å². The Morgan fingerprint density at radius 2 is 0.854 bits per heavy atom. The van der Waals surface area contributed by atoms with Crippen molar-refractivity contribution in [1.82, 2.24) is 4.90 Å². The smallest absolute Gasteiger partial charge is 0.320 e. The predicted octanol–water partition coefficient (Wildman–Crippen LogP) is 6.01. The zero-order valence-electron chi connectivity index (χ0n) is 27.3. The van der Waals surface area contributed by atoms with Gasteiger partial charge >= 0.3 is 23.9 Å². The minimum absolute atomic E-state index is 0.0331. The monoisotopic (exact) mass is 579 g/mol. The van der Waals surface area contributed by atoms with Crippen LogP contribution in [0.5, 0.6) is 0 Å². The van der Waals surface area contributed by atoms with Gasteiger partial charge < -0.3 is 18.9 Å². The number of carbonyl (C=O) groups is 4. The molecular formula is C32H53NO8. The van der Waals surface area contributed by atoms with Gasteiger partial charge in [-0.25, -0.2) is 0 Å². The minimum Gasteiger partial charge on any atom is -0.460 e. The third kappa shape index (κ3) is 24.6. The zero-order chi connectivity index (χ0) is 32.1. The lowest BCUT2D eigenvalue weighted by molar-refractivity contribution is -0.161. The summed E-state index contributed by atoms with van der Waals surface area (Å²) in [6.07, 6.45) is 0.955. The van der Waals surface area contributed by atoms with E-state index in [9.17, 15) is 19.2 Å². The van der Waals surface area contributed by atoms with Gasteiger partial charge in [0.25, 0.3) is 0 Å². The van der Waals surface area contributed by atoms with Gasteiger partial charge in [0.1, 0.15) is 22.4 Å². The van der Waals surface area contributed by atoms with E-state index in [0.717, 1.165) is 5.56 Å². The van der Waals surface area contributed by atoms with Crippen LogP contribution >= 0.6 is 0 Å². The molecule has 1 rings (SSSR count). The van der Waals surface area contributed by atoms with Crippen molar-refractivity contribution in [3.05, 3.63) is 35.9 Å². The van der Waals surface area contributed by atoms with E-state index in [1.54, 1.807) is 4.90 Å². The van der Waals surface area contributed by atoms with Crippen LogP contribution in [0.4, 0.5) is 0 Å². The van der Waals surface area contributed by atoms with Gasteiger partial charge in [0.2, 0.25) is 0 Å². The summed E-state index contributed by atoms with van der Waals surface area (Å²) in [6, 6.07) is 9.69. The van der Waals surface area contributed by atoms with Crippen molar-refractivity contribution >= 4 is 23.9 Å². The Hall–Kier alpha value is -2.94. The number of rotatable bonds is 10. The first-order valence-electron chi connectivity index (χ1n) is 14.1. The number of ether oxygens (including phenoxy) is 4. The van der Waals surface area contributed by atoms with Gasteiger partial charge in [-0.1, -0.05) is 30.3 Å². The van der Waals surface area contributed by atoms with Gasteiger partial charge in [-0.05, 0) is 95.1 Å². The first-order chi connectivity index (χ1) is 18.4. The summed E-state index contributed by atoms with van der Waals surface area (Å²) in [5, 5.41) is 0. The normalized spacial score (nSPS) is 12.1. The molecule has 0 N–H and O–H groups in total. The first kappa shape index (κ1) is 38.1. The van der Waals surface area contributed by atoms with E-state index in [2.05, 4.69) is 0 Å². The molecule has 0 aromatic heterocycles. The Morgan fingerprint density at radius 1 is 0.537 bits per heavy atom. The first-order valence-corrected chi connectivity index (χ1v) is 14.1. The SMILES string of the molecule is CC(C)(C)OC(=O)CCCC(=O)OC(C)(C)C.CC(C)(C)OC(=O)CN(CC(=O)OC(C)(C)C)Cc1ccccc1. The molecule has 0 aliphatic carbocycles. The molecule has 1 aromatic rings. The molecule has 0 unspecified atom stereocenters. The molecule has 9 nitrogen and oxygen atoms in total. The minimum atomic E-state index is -0.554. The second-order valence-electron chi connectivity index (χ2n) is 13.8. The van der Waals surface area contributed by atoms with Crippen LogP contribution in [0.25, 0.3) is 0 Å². The summed E-state index contributed by atoms with van der Waals surface area (Å²) in [4.78, 5) is 48.7. The van der Waals surface area contributed by atoms with Crippen molar-refractivity contribution in [3.8, 4) is 0 Å². The third-order valence-electron chi connectivity index (χ3n) is 4.40. The van der Waals surface area contributed by atoms with Gasteiger partial charge in [0.15, 0.2) is 0 Å². The van der Waals surface area contributed by atoms with Gasteiger partial charge in [-0.2, -0.15) is 0 Å². The molecule has 0 saturated carbocycles. The molecule has 0 saturated heterocycles. The van der Waals surface area contributed by atoms with Crippen molar-refractivity contribution in [2.75, 3.05) is 13.1 Å². The van der Waals surface area contributed by atoms with Crippen LogP contribution in [0.15, 0.2) is 30.3 Å². The quantitative estimate of drug-likeness (QED) is 0.243. The molecule has 0 aliphatic rings. The number of benzene rings is 1. The molecule has 0 spiro atoms. The van der Waals surface area contributed by atoms with E-state index in [-0.39, 0.29) is 49.8 Å². The van der Waals surface area contributed by atoms with Crippen molar-refractivity contribution in [3.63, 3.8) is 0 Å². The number of carbonyl (C=O) groups excluding carboxylic acids is 4. The molecule has 41 heavy (non-hydrogen) atoms. The molecule has 0 amide bonds. The van der Waals surface area contributed by atoms with E-state index < -0.39 is 22.4 Å². The van der Waals surface area contributed by atoms with Gasteiger partial charge in [0.05, 0.1) is 13.1 Å². The molecular weight excluding hydrogens is 526 g/mol. The van der Waals surface area contributed by atoms with E-state index in [0.29, 0.717) is 13.0 Å². The van der Waals surface area contributed by atoms with Crippen LogP contribution in [-0.4, -0.2) is 64.3 Å². The molecule has 0 fully saturated rings. The predicted molar refractivity (Wildman–Crippen MR) is 159 cm³/mol. The maximum absolute atomic E-state index is 12.1. The Kier molecular flexibility index (Phi) is 15.3. The summed E-state index contributed by atoms with van der Waals surface area (Å²) in [7, 11) is 0. The van der Waals surface area contributed by atoms with Crippen LogP contribution in [0.3, 0.4) is 0 Å². The molecule has 0 radical (unpaired) electrons. The molecule has 0 heterocycles. The van der Waals surface area contributed by atoms with Crippen LogP contribution < -0.4 is 0 Å². The van der Waals surface area contributed by atoms with E-state index >= 15 is 0 Å². The fraction of sp³-hybridized carbons (Fsp3) is 0.688. The van der Waals surface area contributed by atoms with Crippen molar-refractivity contribution in [1.29, 1.82) is 0 Å². The maximum Gasteiger partial charge on any atom is 0.320 e. The lowest BCUT2D eigenvalue weighted by Gasteiger charge is -2.26. The Balaban J connectivity index is 0.000000831. The highest BCUT2D eigenvalue weighted by Crippen LogP contribution is 2.14. The highest BCUT2D eigenvalue weighted by atomic mass is 16.6. The largest absolute Gasteiger partial charge is 0.460 e. The Labute approximate surface area is 247 Å². The summed E-state index contributed by atoms with van der Waals surface area (Å²) in [5.41, 5.74) is -1.03. The second kappa shape index (κ2) is 16.5. The van der Waals surface area contributed by atoms with Gasteiger partial charge in [-0.3, -0.25) is 24.1 Å². The van der Waals surface area contributed by atoms with Crippen LogP contribution in [0.1, 0.15) is 108 Å². The number of esters is 4. The lowest BCUT2D eigenvalue weighted by Crippen LogP contribution is -2.39. The summed E-state index contributed by atoms with van der Waals surface area (Å²) >= 11 is 0. The highest BCUT2D eigenvalue weighted by Gasteiger charge is 2.23. The van der Waals surface area contributed by atoms with Crippen molar-refractivity contribution in [2.45, 2.75) is 131 Å². The van der Waals surface area contributed by atoms with Crippen LogP contribution in [0.2, 0.25) is 0 Å². The summed E-state index contributed by atoms with van der Waals surface area (Å²) < 4.78 is 21.0. The molecule has 0 bridgehead atoms.